The van der Waals surface area contributed by atoms with Gasteiger partial charge in [0.2, 0.25) is 0 Å². The molecule has 1 heteroatoms. The molecule has 0 atom stereocenters. The SMILES string of the molecule is Oc1ccc(CC2C3CC4CC(C3)CC2C4)cc1. The molecule has 1 N–H and O–H groups in total. The van der Waals surface area contributed by atoms with Crippen molar-refractivity contribution in [2.75, 3.05) is 0 Å². The summed E-state index contributed by atoms with van der Waals surface area (Å²) in [6.45, 7) is 0. The van der Waals surface area contributed by atoms with E-state index >= 15 is 0 Å². The maximum absolute atomic E-state index is 9.36. The van der Waals surface area contributed by atoms with Gasteiger partial charge in [0.05, 0.1) is 0 Å². The molecule has 0 saturated heterocycles. The minimum atomic E-state index is 0.392. The van der Waals surface area contributed by atoms with Crippen LogP contribution in [0.15, 0.2) is 24.3 Å². The molecule has 0 radical (unpaired) electrons. The van der Waals surface area contributed by atoms with E-state index in [4.69, 9.17) is 0 Å². The van der Waals surface area contributed by atoms with Crippen molar-refractivity contribution in [3.63, 3.8) is 0 Å². The highest BCUT2D eigenvalue weighted by atomic mass is 16.3. The zero-order chi connectivity index (χ0) is 12.1. The Morgan fingerprint density at radius 2 is 1.39 bits per heavy atom. The summed E-state index contributed by atoms with van der Waals surface area (Å²) in [7, 11) is 0. The Bertz CT molecular complexity index is 405. The summed E-state index contributed by atoms with van der Waals surface area (Å²) in [4.78, 5) is 0. The Morgan fingerprint density at radius 3 is 1.94 bits per heavy atom. The molecule has 0 aromatic heterocycles. The lowest BCUT2D eigenvalue weighted by atomic mass is 9.51. The second-order valence-corrected chi connectivity index (χ2v) is 6.97. The van der Waals surface area contributed by atoms with Crippen LogP contribution in [0.4, 0.5) is 0 Å². The van der Waals surface area contributed by atoms with Gasteiger partial charge in [0.25, 0.3) is 0 Å². The van der Waals surface area contributed by atoms with Crippen molar-refractivity contribution in [2.24, 2.45) is 29.6 Å². The molecule has 1 nitrogen and oxygen atoms in total. The van der Waals surface area contributed by atoms with Crippen molar-refractivity contribution in [3.8, 4) is 5.75 Å². The molecule has 0 unspecified atom stereocenters. The van der Waals surface area contributed by atoms with Crippen molar-refractivity contribution in [1.29, 1.82) is 0 Å². The van der Waals surface area contributed by atoms with Gasteiger partial charge in [-0.05, 0) is 85.8 Å². The maximum Gasteiger partial charge on any atom is 0.115 e. The molecule has 4 aliphatic carbocycles. The molecule has 4 saturated carbocycles. The summed E-state index contributed by atoms with van der Waals surface area (Å²) in [5.41, 5.74) is 1.42. The van der Waals surface area contributed by atoms with Crippen LogP contribution in [0.5, 0.6) is 5.75 Å². The molecule has 1 aromatic carbocycles. The van der Waals surface area contributed by atoms with Gasteiger partial charge in [-0.2, -0.15) is 0 Å². The molecule has 5 rings (SSSR count). The molecular weight excluding hydrogens is 220 g/mol. The molecule has 4 aliphatic rings. The minimum absolute atomic E-state index is 0.392. The van der Waals surface area contributed by atoms with E-state index in [9.17, 15) is 5.11 Å². The van der Waals surface area contributed by atoms with E-state index in [2.05, 4.69) is 12.1 Å². The van der Waals surface area contributed by atoms with Crippen LogP contribution in [-0.2, 0) is 6.42 Å². The van der Waals surface area contributed by atoms with E-state index in [1.165, 1.54) is 37.7 Å². The quantitative estimate of drug-likeness (QED) is 0.831. The Balaban J connectivity index is 1.53. The molecule has 96 valence electrons. The van der Waals surface area contributed by atoms with Crippen LogP contribution < -0.4 is 0 Å². The van der Waals surface area contributed by atoms with Crippen LogP contribution >= 0.6 is 0 Å². The smallest absolute Gasteiger partial charge is 0.115 e. The normalized spacial score (nSPS) is 41.2. The van der Waals surface area contributed by atoms with Gasteiger partial charge in [0.1, 0.15) is 5.75 Å². The topological polar surface area (TPSA) is 20.2 Å². The zero-order valence-electron chi connectivity index (χ0n) is 10.9. The summed E-state index contributed by atoms with van der Waals surface area (Å²) >= 11 is 0. The highest BCUT2D eigenvalue weighted by Gasteiger charge is 2.47. The molecule has 4 fully saturated rings. The van der Waals surface area contributed by atoms with E-state index in [1.807, 2.05) is 12.1 Å². The number of hydrogen-bond acceptors (Lipinski definition) is 1. The van der Waals surface area contributed by atoms with Crippen molar-refractivity contribution in [3.05, 3.63) is 29.8 Å². The first kappa shape index (κ1) is 10.9. The van der Waals surface area contributed by atoms with Crippen LogP contribution in [0, 0.1) is 29.6 Å². The first-order chi connectivity index (χ1) is 8.78. The third-order valence-electron chi connectivity index (χ3n) is 5.83. The van der Waals surface area contributed by atoms with Crippen LogP contribution in [0.1, 0.15) is 37.7 Å². The maximum atomic E-state index is 9.36. The van der Waals surface area contributed by atoms with Gasteiger partial charge in [0, 0.05) is 0 Å². The molecule has 0 amide bonds. The summed E-state index contributed by atoms with van der Waals surface area (Å²) in [5.74, 6) is 5.49. The third-order valence-corrected chi connectivity index (χ3v) is 5.83. The predicted octanol–water partition coefficient (Wildman–Crippen LogP) is 4.01. The van der Waals surface area contributed by atoms with E-state index in [-0.39, 0.29) is 0 Å². The van der Waals surface area contributed by atoms with Gasteiger partial charge in [-0.1, -0.05) is 12.1 Å². The van der Waals surface area contributed by atoms with Gasteiger partial charge in [-0.3, -0.25) is 0 Å². The molecule has 0 heterocycles. The summed E-state index contributed by atoms with van der Waals surface area (Å²) < 4.78 is 0. The van der Waals surface area contributed by atoms with Gasteiger partial charge < -0.3 is 5.11 Å². The van der Waals surface area contributed by atoms with E-state index in [0.717, 1.165) is 29.6 Å². The van der Waals surface area contributed by atoms with Crippen LogP contribution in [0.2, 0.25) is 0 Å². The Kier molecular flexibility index (Phi) is 2.43. The number of rotatable bonds is 2. The second-order valence-electron chi connectivity index (χ2n) is 6.97. The summed E-state index contributed by atoms with van der Waals surface area (Å²) in [6.07, 6.45) is 8.82. The van der Waals surface area contributed by atoms with Gasteiger partial charge >= 0.3 is 0 Å². The number of phenolic OH excluding ortho intramolecular Hbond substituents is 1. The number of phenols is 1. The average molecular weight is 242 g/mol. The molecule has 4 bridgehead atoms. The van der Waals surface area contributed by atoms with Crippen LogP contribution in [-0.4, -0.2) is 5.11 Å². The number of benzene rings is 1. The van der Waals surface area contributed by atoms with Crippen LogP contribution in [0.25, 0.3) is 0 Å². The molecule has 0 aliphatic heterocycles. The van der Waals surface area contributed by atoms with Crippen molar-refractivity contribution in [2.45, 2.75) is 38.5 Å². The van der Waals surface area contributed by atoms with Gasteiger partial charge in [0.15, 0.2) is 0 Å². The number of aromatic hydroxyl groups is 1. The lowest BCUT2D eigenvalue weighted by Gasteiger charge is -2.54. The lowest BCUT2D eigenvalue weighted by Crippen LogP contribution is -2.45. The fraction of sp³-hybridized carbons (Fsp3) is 0.647. The minimum Gasteiger partial charge on any atom is -0.508 e. The Morgan fingerprint density at radius 1 is 0.833 bits per heavy atom. The lowest BCUT2D eigenvalue weighted by molar-refractivity contribution is -0.0360. The third kappa shape index (κ3) is 1.75. The van der Waals surface area contributed by atoms with Crippen molar-refractivity contribution < 1.29 is 5.11 Å². The largest absolute Gasteiger partial charge is 0.508 e. The average Bonchev–Trinajstić information content (AvgIpc) is 2.35. The highest BCUT2D eigenvalue weighted by molar-refractivity contribution is 5.26. The number of hydrogen-bond donors (Lipinski definition) is 1. The highest BCUT2D eigenvalue weighted by Crippen LogP contribution is 2.57. The molecule has 1 aromatic rings. The van der Waals surface area contributed by atoms with E-state index < -0.39 is 0 Å². The van der Waals surface area contributed by atoms with Gasteiger partial charge in [-0.25, -0.2) is 0 Å². The monoisotopic (exact) mass is 242 g/mol. The van der Waals surface area contributed by atoms with Gasteiger partial charge in [-0.15, -0.1) is 0 Å². The molecular formula is C17H22O. The van der Waals surface area contributed by atoms with E-state index in [1.54, 1.807) is 6.42 Å². The van der Waals surface area contributed by atoms with Crippen LogP contribution in [0.3, 0.4) is 0 Å². The van der Waals surface area contributed by atoms with E-state index in [0.29, 0.717) is 5.75 Å². The summed E-state index contributed by atoms with van der Waals surface area (Å²) in [5, 5.41) is 9.36. The fourth-order valence-corrected chi connectivity index (χ4v) is 5.28. The fourth-order valence-electron chi connectivity index (χ4n) is 5.28. The molecule has 18 heavy (non-hydrogen) atoms. The first-order valence-electron chi connectivity index (χ1n) is 7.56. The predicted molar refractivity (Wildman–Crippen MR) is 72.3 cm³/mol. The van der Waals surface area contributed by atoms with Crippen molar-refractivity contribution in [1.82, 2.24) is 0 Å². The zero-order valence-corrected chi connectivity index (χ0v) is 10.9. The van der Waals surface area contributed by atoms with Crippen molar-refractivity contribution >= 4 is 0 Å². The Hall–Kier alpha value is -0.980. The Labute approximate surface area is 109 Å². The first-order valence-corrected chi connectivity index (χ1v) is 7.56. The molecule has 0 spiro atoms. The summed E-state index contributed by atoms with van der Waals surface area (Å²) in [6, 6.07) is 7.90. The second kappa shape index (κ2) is 4.01. The standard InChI is InChI=1S/C17H22O/c18-16-3-1-11(2-4-16)10-17-14-6-12-5-13(8-14)9-15(17)7-12/h1-4,12-15,17-18H,5-10H2.